The third-order valence-electron chi connectivity index (χ3n) is 11.1. The number of hydrogen-bond donors (Lipinski definition) is 0. The predicted octanol–water partition coefficient (Wildman–Crippen LogP) is 12.9. The van der Waals surface area contributed by atoms with Gasteiger partial charge in [-0.25, -0.2) is 9.97 Å². The molecule has 0 N–H and O–H groups in total. The summed E-state index contributed by atoms with van der Waals surface area (Å²) in [4.78, 5) is 10.7. The molecule has 0 aliphatic carbocycles. The lowest BCUT2D eigenvalue weighted by Crippen LogP contribution is -2.00. The Balaban J connectivity index is 1.09. The first-order valence-corrected chi connectivity index (χ1v) is 18.6. The van der Waals surface area contributed by atoms with E-state index in [1.807, 2.05) is 0 Å². The SMILES string of the molecule is Cc1ccc(-n2c3ccccc3c3ccccc32)cc1-c1nc(-c2ccc(C)c(-c3cc(-n4c5ccccc5c5ccccc54)ccc3C)n2)ccc1C. The highest BCUT2D eigenvalue weighted by Crippen LogP contribution is 2.37. The molecule has 0 fully saturated rings. The maximum Gasteiger partial charge on any atom is 0.0894 e. The average Bonchev–Trinajstić information content (AvgIpc) is 3.72. The zero-order chi connectivity index (χ0) is 36.5. The minimum Gasteiger partial charge on any atom is -0.309 e. The third kappa shape index (κ3) is 4.98. The van der Waals surface area contributed by atoms with Crippen LogP contribution in [-0.2, 0) is 0 Å². The highest BCUT2D eigenvalue weighted by molar-refractivity contribution is 6.10. The summed E-state index contributed by atoms with van der Waals surface area (Å²) in [6.45, 7) is 8.65. The molecule has 4 aromatic heterocycles. The first-order valence-electron chi connectivity index (χ1n) is 18.6. The van der Waals surface area contributed by atoms with Crippen LogP contribution in [0.4, 0.5) is 0 Å². The van der Waals surface area contributed by atoms with Crippen LogP contribution in [0.5, 0.6) is 0 Å². The number of benzene rings is 6. The van der Waals surface area contributed by atoms with Gasteiger partial charge in [-0.3, -0.25) is 0 Å². The van der Waals surface area contributed by atoms with E-state index in [0.717, 1.165) is 56.4 Å². The number of aromatic nitrogens is 4. The summed E-state index contributed by atoms with van der Waals surface area (Å²) in [6, 6.07) is 56.7. The Labute approximate surface area is 314 Å². The monoisotopic (exact) mass is 694 g/mol. The predicted molar refractivity (Wildman–Crippen MR) is 226 cm³/mol. The number of para-hydroxylation sites is 4. The first-order chi connectivity index (χ1) is 26.4. The van der Waals surface area contributed by atoms with Gasteiger partial charge in [-0.05, 0) is 111 Å². The van der Waals surface area contributed by atoms with Gasteiger partial charge in [0.1, 0.15) is 0 Å². The Morgan fingerprint density at radius 3 is 1.00 bits per heavy atom. The largest absolute Gasteiger partial charge is 0.309 e. The summed E-state index contributed by atoms with van der Waals surface area (Å²) in [7, 11) is 0. The Bertz CT molecular complexity index is 2790. The highest BCUT2D eigenvalue weighted by atomic mass is 15.0. The van der Waals surface area contributed by atoms with Crippen LogP contribution >= 0.6 is 0 Å². The summed E-state index contributed by atoms with van der Waals surface area (Å²) in [5.41, 5.74) is 17.5. The van der Waals surface area contributed by atoms with E-state index in [4.69, 9.17) is 9.97 Å². The summed E-state index contributed by atoms with van der Waals surface area (Å²) < 4.78 is 4.74. The Morgan fingerprint density at radius 1 is 0.333 bits per heavy atom. The van der Waals surface area contributed by atoms with Gasteiger partial charge in [0, 0.05) is 44.0 Å². The van der Waals surface area contributed by atoms with Crippen molar-refractivity contribution in [3.05, 3.63) is 180 Å². The lowest BCUT2D eigenvalue weighted by Gasteiger charge is -2.16. The maximum atomic E-state index is 5.36. The number of hydrogen-bond acceptors (Lipinski definition) is 2. The zero-order valence-electron chi connectivity index (χ0n) is 30.8. The van der Waals surface area contributed by atoms with Gasteiger partial charge in [0.2, 0.25) is 0 Å². The van der Waals surface area contributed by atoms with Crippen LogP contribution in [0, 0.1) is 27.7 Å². The second kappa shape index (κ2) is 12.4. The van der Waals surface area contributed by atoms with Crippen molar-refractivity contribution in [1.82, 2.24) is 19.1 Å². The quantitative estimate of drug-likeness (QED) is 0.180. The van der Waals surface area contributed by atoms with E-state index < -0.39 is 0 Å². The van der Waals surface area contributed by atoms with Crippen LogP contribution in [0.2, 0.25) is 0 Å². The Hall–Kier alpha value is -6.78. The topological polar surface area (TPSA) is 35.6 Å². The summed E-state index contributed by atoms with van der Waals surface area (Å²) in [6.07, 6.45) is 0. The molecule has 0 amide bonds. The average molecular weight is 695 g/mol. The molecule has 0 saturated carbocycles. The van der Waals surface area contributed by atoms with Gasteiger partial charge in [0.25, 0.3) is 0 Å². The van der Waals surface area contributed by atoms with Gasteiger partial charge in [-0.1, -0.05) is 97.1 Å². The van der Waals surface area contributed by atoms with Crippen LogP contribution < -0.4 is 0 Å². The second-order valence-corrected chi connectivity index (χ2v) is 14.5. The number of rotatable bonds is 5. The molecule has 4 heteroatoms. The van der Waals surface area contributed by atoms with E-state index in [1.54, 1.807) is 0 Å². The zero-order valence-corrected chi connectivity index (χ0v) is 30.8. The van der Waals surface area contributed by atoms with E-state index in [2.05, 4.69) is 195 Å². The van der Waals surface area contributed by atoms with Crippen LogP contribution in [0.15, 0.2) is 158 Å². The molecular weight excluding hydrogens is 657 g/mol. The molecule has 0 unspecified atom stereocenters. The fraction of sp³-hybridized carbons (Fsp3) is 0.0800. The number of pyridine rings is 2. The molecular formula is C50H38N4. The maximum absolute atomic E-state index is 5.36. The van der Waals surface area contributed by atoms with Crippen molar-refractivity contribution in [2.45, 2.75) is 27.7 Å². The van der Waals surface area contributed by atoms with Crippen molar-refractivity contribution in [2.24, 2.45) is 0 Å². The molecule has 4 nitrogen and oxygen atoms in total. The number of fused-ring (bicyclic) bond motifs is 6. The van der Waals surface area contributed by atoms with Crippen LogP contribution in [0.1, 0.15) is 22.3 Å². The van der Waals surface area contributed by atoms with Crippen LogP contribution in [0.3, 0.4) is 0 Å². The van der Waals surface area contributed by atoms with E-state index in [0.29, 0.717) is 0 Å². The molecule has 10 rings (SSSR count). The molecule has 0 aliphatic rings. The van der Waals surface area contributed by atoms with Gasteiger partial charge < -0.3 is 9.13 Å². The third-order valence-corrected chi connectivity index (χ3v) is 11.1. The van der Waals surface area contributed by atoms with E-state index in [-0.39, 0.29) is 0 Å². The van der Waals surface area contributed by atoms with Crippen molar-refractivity contribution < 1.29 is 0 Å². The molecule has 0 bridgehead atoms. The van der Waals surface area contributed by atoms with Crippen molar-refractivity contribution in [2.75, 3.05) is 0 Å². The summed E-state index contributed by atoms with van der Waals surface area (Å²) >= 11 is 0. The van der Waals surface area contributed by atoms with Gasteiger partial charge in [0.15, 0.2) is 0 Å². The van der Waals surface area contributed by atoms with Gasteiger partial charge in [0.05, 0.1) is 44.8 Å². The summed E-state index contributed by atoms with van der Waals surface area (Å²) in [5, 5.41) is 5.01. The molecule has 54 heavy (non-hydrogen) atoms. The molecule has 0 spiro atoms. The smallest absolute Gasteiger partial charge is 0.0894 e. The molecule has 4 heterocycles. The van der Waals surface area contributed by atoms with Crippen molar-refractivity contribution in [3.63, 3.8) is 0 Å². The highest BCUT2D eigenvalue weighted by Gasteiger charge is 2.18. The van der Waals surface area contributed by atoms with Crippen LogP contribution in [-0.4, -0.2) is 19.1 Å². The molecule has 258 valence electrons. The van der Waals surface area contributed by atoms with Gasteiger partial charge >= 0.3 is 0 Å². The lowest BCUT2D eigenvalue weighted by atomic mass is 9.99. The molecule has 0 radical (unpaired) electrons. The van der Waals surface area contributed by atoms with Crippen molar-refractivity contribution in [1.29, 1.82) is 0 Å². The second-order valence-electron chi connectivity index (χ2n) is 14.5. The molecule has 0 aliphatic heterocycles. The van der Waals surface area contributed by atoms with Gasteiger partial charge in [-0.15, -0.1) is 0 Å². The molecule has 10 aromatic rings. The van der Waals surface area contributed by atoms with Gasteiger partial charge in [-0.2, -0.15) is 0 Å². The van der Waals surface area contributed by atoms with Crippen molar-refractivity contribution in [3.8, 4) is 45.3 Å². The lowest BCUT2D eigenvalue weighted by molar-refractivity contribution is 1.16. The molecule has 0 atom stereocenters. The van der Waals surface area contributed by atoms with Crippen LogP contribution in [0.25, 0.3) is 88.9 Å². The number of aryl methyl sites for hydroxylation is 4. The Morgan fingerprint density at radius 2 is 0.648 bits per heavy atom. The standard InChI is InChI=1S/C50H38N4/c1-31-21-25-35(53-45-17-9-5-13-37(45)38-14-6-10-18-46(38)53)29-41(31)49-33(3)23-27-43(51-49)44-28-24-34(4)50(52-44)42-30-36(26-22-32(42)2)54-47-19-11-7-15-39(47)40-16-8-12-20-48(40)54/h5-30H,1-4H3. The van der Waals surface area contributed by atoms with Crippen molar-refractivity contribution >= 4 is 43.6 Å². The van der Waals surface area contributed by atoms with E-state index in [1.165, 1.54) is 54.7 Å². The Kier molecular flexibility index (Phi) is 7.34. The number of nitrogens with zero attached hydrogens (tertiary/aromatic N) is 4. The first kappa shape index (κ1) is 31.9. The minimum absolute atomic E-state index is 0.856. The molecule has 6 aromatic carbocycles. The van der Waals surface area contributed by atoms with E-state index in [9.17, 15) is 0 Å². The fourth-order valence-corrected chi connectivity index (χ4v) is 8.30. The minimum atomic E-state index is 0.856. The fourth-order valence-electron chi connectivity index (χ4n) is 8.30. The summed E-state index contributed by atoms with van der Waals surface area (Å²) in [5.74, 6) is 0. The normalized spacial score (nSPS) is 11.7. The molecule has 0 saturated heterocycles. The van der Waals surface area contributed by atoms with E-state index >= 15 is 0 Å².